The van der Waals surface area contributed by atoms with Crippen molar-refractivity contribution in [2.24, 2.45) is 0 Å². The number of nitrogens with zero attached hydrogens (tertiary/aromatic N) is 5. The molecule has 0 aliphatic heterocycles. The standard InChI is InChI=1S/C19H21N5O2S2/c1-4-26-17(25)12-28-19-23-22-16(24(19)15-8-6-5-7-9-15)11-27-18-20-13(2)10-14(3)21-18/h5-10H,4,11-12H2,1-3H3. The first-order valence-electron chi connectivity index (χ1n) is 8.80. The Morgan fingerprint density at radius 2 is 1.79 bits per heavy atom. The molecule has 2 heterocycles. The highest BCUT2D eigenvalue weighted by molar-refractivity contribution is 7.99. The molecule has 0 saturated heterocycles. The minimum absolute atomic E-state index is 0.187. The smallest absolute Gasteiger partial charge is 0.316 e. The van der Waals surface area contributed by atoms with Gasteiger partial charge in [-0.2, -0.15) is 0 Å². The van der Waals surface area contributed by atoms with Crippen molar-refractivity contribution in [2.45, 2.75) is 36.8 Å². The van der Waals surface area contributed by atoms with Crippen molar-refractivity contribution in [2.75, 3.05) is 12.4 Å². The first-order valence-corrected chi connectivity index (χ1v) is 10.8. The molecule has 0 unspecified atom stereocenters. The number of thioether (sulfide) groups is 2. The Bertz CT molecular complexity index is 927. The molecule has 9 heteroatoms. The van der Waals surface area contributed by atoms with E-state index in [-0.39, 0.29) is 11.7 Å². The first kappa shape index (κ1) is 20.3. The molecule has 0 bridgehead atoms. The van der Waals surface area contributed by atoms with Gasteiger partial charge in [0.05, 0.1) is 18.1 Å². The van der Waals surface area contributed by atoms with E-state index in [0.29, 0.717) is 22.7 Å². The number of rotatable bonds is 8. The Labute approximate surface area is 172 Å². The van der Waals surface area contributed by atoms with Crippen LogP contribution in [0.2, 0.25) is 0 Å². The third-order valence-electron chi connectivity index (χ3n) is 3.63. The van der Waals surface area contributed by atoms with Gasteiger partial charge < -0.3 is 4.74 Å². The third-order valence-corrected chi connectivity index (χ3v) is 5.38. The minimum Gasteiger partial charge on any atom is -0.465 e. The van der Waals surface area contributed by atoms with Crippen LogP contribution in [0.1, 0.15) is 24.1 Å². The molecule has 1 aromatic carbocycles. The molecular weight excluding hydrogens is 394 g/mol. The summed E-state index contributed by atoms with van der Waals surface area (Å²) in [6.45, 7) is 6.06. The fourth-order valence-electron chi connectivity index (χ4n) is 2.54. The Morgan fingerprint density at radius 1 is 1.07 bits per heavy atom. The highest BCUT2D eigenvalue weighted by Crippen LogP contribution is 2.26. The summed E-state index contributed by atoms with van der Waals surface area (Å²) in [4.78, 5) is 20.7. The number of ether oxygens (including phenoxy) is 1. The molecular formula is C19H21N5O2S2. The van der Waals surface area contributed by atoms with E-state index in [0.717, 1.165) is 22.9 Å². The summed E-state index contributed by atoms with van der Waals surface area (Å²) in [6, 6.07) is 11.8. The summed E-state index contributed by atoms with van der Waals surface area (Å²) in [5.41, 5.74) is 2.81. The molecule has 0 spiro atoms. The molecule has 0 N–H and O–H groups in total. The van der Waals surface area contributed by atoms with Crippen molar-refractivity contribution in [3.8, 4) is 5.69 Å². The van der Waals surface area contributed by atoms with Gasteiger partial charge in [0.15, 0.2) is 10.3 Å². The van der Waals surface area contributed by atoms with Gasteiger partial charge in [0.1, 0.15) is 5.82 Å². The van der Waals surface area contributed by atoms with E-state index >= 15 is 0 Å². The monoisotopic (exact) mass is 415 g/mol. The molecule has 3 rings (SSSR count). The summed E-state index contributed by atoms with van der Waals surface area (Å²) in [5.74, 6) is 1.25. The van der Waals surface area contributed by atoms with Crippen LogP contribution in [0.4, 0.5) is 0 Å². The van der Waals surface area contributed by atoms with Gasteiger partial charge in [-0.15, -0.1) is 10.2 Å². The lowest BCUT2D eigenvalue weighted by atomic mass is 10.3. The predicted octanol–water partition coefficient (Wildman–Crippen LogP) is 3.62. The average Bonchev–Trinajstić information content (AvgIpc) is 3.08. The van der Waals surface area contributed by atoms with Gasteiger partial charge in [-0.1, -0.05) is 41.7 Å². The van der Waals surface area contributed by atoms with Crippen LogP contribution in [0.5, 0.6) is 0 Å². The van der Waals surface area contributed by atoms with Crippen LogP contribution in [-0.4, -0.2) is 43.1 Å². The van der Waals surface area contributed by atoms with Crippen LogP contribution in [0.25, 0.3) is 5.69 Å². The molecule has 0 radical (unpaired) electrons. The van der Waals surface area contributed by atoms with E-state index in [2.05, 4.69) is 20.2 Å². The fraction of sp³-hybridized carbons (Fsp3) is 0.316. The molecule has 7 nitrogen and oxygen atoms in total. The lowest BCUT2D eigenvalue weighted by Gasteiger charge is -2.10. The van der Waals surface area contributed by atoms with E-state index in [4.69, 9.17) is 4.74 Å². The van der Waals surface area contributed by atoms with Crippen molar-refractivity contribution in [3.63, 3.8) is 0 Å². The molecule has 0 aliphatic rings. The molecule has 3 aromatic rings. The summed E-state index contributed by atoms with van der Waals surface area (Å²) >= 11 is 2.82. The zero-order chi connectivity index (χ0) is 19.9. The van der Waals surface area contributed by atoms with E-state index in [1.54, 1.807) is 6.92 Å². The van der Waals surface area contributed by atoms with E-state index in [9.17, 15) is 4.79 Å². The van der Waals surface area contributed by atoms with Gasteiger partial charge in [-0.05, 0) is 39.0 Å². The second-order valence-electron chi connectivity index (χ2n) is 5.89. The number of para-hydroxylation sites is 1. The highest BCUT2D eigenvalue weighted by Gasteiger charge is 2.17. The van der Waals surface area contributed by atoms with Crippen LogP contribution in [0, 0.1) is 13.8 Å². The Kier molecular flexibility index (Phi) is 7.05. The summed E-state index contributed by atoms with van der Waals surface area (Å²) < 4.78 is 6.96. The van der Waals surface area contributed by atoms with Gasteiger partial charge in [-0.3, -0.25) is 9.36 Å². The van der Waals surface area contributed by atoms with Crippen LogP contribution >= 0.6 is 23.5 Å². The first-order chi connectivity index (χ1) is 13.6. The quantitative estimate of drug-likeness (QED) is 0.313. The molecule has 0 aliphatic carbocycles. The van der Waals surface area contributed by atoms with E-state index in [1.807, 2.05) is 54.8 Å². The lowest BCUT2D eigenvalue weighted by Crippen LogP contribution is -2.08. The van der Waals surface area contributed by atoms with Crippen LogP contribution in [0.3, 0.4) is 0 Å². The molecule has 0 atom stereocenters. The Hall–Kier alpha value is -2.39. The number of aromatic nitrogens is 5. The van der Waals surface area contributed by atoms with Crippen LogP contribution < -0.4 is 0 Å². The van der Waals surface area contributed by atoms with Gasteiger partial charge in [0.2, 0.25) is 0 Å². The maximum absolute atomic E-state index is 11.7. The SMILES string of the molecule is CCOC(=O)CSc1nnc(CSc2nc(C)cc(C)n2)n1-c1ccccc1. The van der Waals surface area contributed by atoms with Crippen molar-refractivity contribution in [1.29, 1.82) is 0 Å². The van der Waals surface area contributed by atoms with Gasteiger partial charge >= 0.3 is 5.97 Å². The lowest BCUT2D eigenvalue weighted by molar-refractivity contribution is -0.139. The Morgan fingerprint density at radius 3 is 2.46 bits per heavy atom. The van der Waals surface area contributed by atoms with Gasteiger partial charge in [0, 0.05) is 17.1 Å². The van der Waals surface area contributed by atoms with Gasteiger partial charge in [-0.25, -0.2) is 9.97 Å². The summed E-state index contributed by atoms with van der Waals surface area (Å²) in [6.07, 6.45) is 0. The second kappa shape index (κ2) is 9.70. The normalized spacial score (nSPS) is 10.8. The van der Waals surface area contributed by atoms with E-state index in [1.165, 1.54) is 23.5 Å². The highest BCUT2D eigenvalue weighted by atomic mass is 32.2. The minimum atomic E-state index is -0.269. The van der Waals surface area contributed by atoms with Crippen molar-refractivity contribution in [3.05, 3.63) is 53.6 Å². The third kappa shape index (κ3) is 5.32. The largest absolute Gasteiger partial charge is 0.465 e. The number of carbonyl (C=O) groups excluding carboxylic acids is 1. The molecule has 0 saturated carbocycles. The van der Waals surface area contributed by atoms with E-state index < -0.39 is 0 Å². The molecule has 28 heavy (non-hydrogen) atoms. The molecule has 0 amide bonds. The summed E-state index contributed by atoms with van der Waals surface area (Å²) in [7, 11) is 0. The van der Waals surface area contributed by atoms with Crippen molar-refractivity contribution in [1.82, 2.24) is 24.7 Å². The van der Waals surface area contributed by atoms with Crippen molar-refractivity contribution >= 4 is 29.5 Å². The number of benzene rings is 1. The number of aryl methyl sites for hydroxylation is 2. The summed E-state index contributed by atoms with van der Waals surface area (Å²) in [5, 5.41) is 9.98. The molecule has 146 valence electrons. The number of hydrogen-bond donors (Lipinski definition) is 0. The second-order valence-corrected chi connectivity index (χ2v) is 7.77. The fourth-order valence-corrected chi connectivity index (χ4v) is 4.17. The number of hydrogen-bond acceptors (Lipinski definition) is 8. The van der Waals surface area contributed by atoms with Gasteiger partial charge in [0.25, 0.3) is 0 Å². The number of carbonyl (C=O) groups is 1. The zero-order valence-electron chi connectivity index (χ0n) is 16.0. The average molecular weight is 416 g/mol. The van der Waals surface area contributed by atoms with Crippen LogP contribution in [0.15, 0.2) is 46.7 Å². The topological polar surface area (TPSA) is 82.8 Å². The van der Waals surface area contributed by atoms with Crippen LogP contribution in [-0.2, 0) is 15.3 Å². The Balaban J connectivity index is 1.83. The number of esters is 1. The maximum Gasteiger partial charge on any atom is 0.316 e. The zero-order valence-corrected chi connectivity index (χ0v) is 17.6. The molecule has 2 aromatic heterocycles. The molecule has 0 fully saturated rings. The predicted molar refractivity (Wildman–Crippen MR) is 110 cm³/mol. The maximum atomic E-state index is 11.7. The van der Waals surface area contributed by atoms with Crippen molar-refractivity contribution < 1.29 is 9.53 Å².